The van der Waals surface area contributed by atoms with E-state index in [-0.39, 0.29) is 12.2 Å². The fourth-order valence-electron chi connectivity index (χ4n) is 0.865. The number of anilines is 2. The van der Waals surface area contributed by atoms with Crippen LogP contribution in [0.15, 0.2) is 18.2 Å². The molecule has 0 saturated heterocycles. The molecule has 0 spiro atoms. The van der Waals surface area contributed by atoms with Crippen LogP contribution in [0.4, 0.5) is 15.8 Å². The summed E-state index contributed by atoms with van der Waals surface area (Å²) in [6.45, 7) is -0.240. The van der Waals surface area contributed by atoms with E-state index in [0.717, 1.165) is 6.07 Å². The van der Waals surface area contributed by atoms with E-state index in [1.165, 1.54) is 12.1 Å². The lowest BCUT2D eigenvalue weighted by Gasteiger charge is -2.06. The van der Waals surface area contributed by atoms with Crippen molar-refractivity contribution in [3.63, 3.8) is 0 Å². The minimum Gasteiger partial charge on any atom is -0.480 e. The molecular formula is C8H9FN2O2. The largest absolute Gasteiger partial charge is 0.480 e. The fraction of sp³-hybridized carbons (Fsp3) is 0.125. The van der Waals surface area contributed by atoms with Gasteiger partial charge in [0.1, 0.15) is 12.4 Å². The molecule has 0 unspecified atom stereocenters. The number of halogens is 1. The van der Waals surface area contributed by atoms with Crippen molar-refractivity contribution in [3.8, 4) is 0 Å². The van der Waals surface area contributed by atoms with Crippen LogP contribution >= 0.6 is 0 Å². The van der Waals surface area contributed by atoms with Crippen LogP contribution in [0.3, 0.4) is 0 Å². The summed E-state index contributed by atoms with van der Waals surface area (Å²) in [5.74, 6) is -1.44. The highest BCUT2D eigenvalue weighted by Crippen LogP contribution is 2.18. The minimum absolute atomic E-state index is 0.196. The van der Waals surface area contributed by atoms with Gasteiger partial charge >= 0.3 is 5.97 Å². The van der Waals surface area contributed by atoms with E-state index >= 15 is 0 Å². The third kappa shape index (κ3) is 2.62. The van der Waals surface area contributed by atoms with Gasteiger partial charge in [-0.15, -0.1) is 0 Å². The van der Waals surface area contributed by atoms with Crippen LogP contribution in [0.2, 0.25) is 0 Å². The molecule has 4 nitrogen and oxygen atoms in total. The predicted molar refractivity (Wildman–Crippen MR) is 46.9 cm³/mol. The molecule has 0 bridgehead atoms. The Bertz CT molecular complexity index is 328. The second-order valence-corrected chi connectivity index (χ2v) is 2.48. The molecule has 0 radical (unpaired) electrons. The van der Waals surface area contributed by atoms with Crippen LogP contribution in [0.25, 0.3) is 0 Å². The van der Waals surface area contributed by atoms with E-state index in [4.69, 9.17) is 10.8 Å². The second-order valence-electron chi connectivity index (χ2n) is 2.48. The summed E-state index contributed by atoms with van der Waals surface area (Å²) >= 11 is 0. The molecule has 1 aromatic rings. The Labute approximate surface area is 74.2 Å². The van der Waals surface area contributed by atoms with Crippen LogP contribution in [0.1, 0.15) is 0 Å². The smallest absolute Gasteiger partial charge is 0.322 e. The van der Waals surface area contributed by atoms with Gasteiger partial charge in [0.05, 0.1) is 11.4 Å². The minimum atomic E-state index is -0.997. The van der Waals surface area contributed by atoms with Gasteiger partial charge in [-0.25, -0.2) is 4.39 Å². The molecule has 0 aliphatic heterocycles. The summed E-state index contributed by atoms with van der Waals surface area (Å²) in [5.41, 5.74) is 6.03. The first-order valence-corrected chi connectivity index (χ1v) is 3.60. The van der Waals surface area contributed by atoms with E-state index in [0.29, 0.717) is 5.69 Å². The van der Waals surface area contributed by atoms with Crippen molar-refractivity contribution in [1.29, 1.82) is 0 Å². The van der Waals surface area contributed by atoms with Gasteiger partial charge in [-0.05, 0) is 18.2 Å². The molecule has 5 heteroatoms. The third-order valence-electron chi connectivity index (χ3n) is 1.44. The number of nitrogen functional groups attached to an aromatic ring is 1. The van der Waals surface area contributed by atoms with Gasteiger partial charge in [-0.2, -0.15) is 0 Å². The number of rotatable bonds is 3. The summed E-state index contributed by atoms with van der Waals surface area (Å²) < 4.78 is 12.5. The average molecular weight is 184 g/mol. The number of hydrogen-bond acceptors (Lipinski definition) is 3. The Morgan fingerprint density at radius 1 is 1.62 bits per heavy atom. The SMILES string of the molecule is Nc1cc(F)ccc1NCC(=O)O. The van der Waals surface area contributed by atoms with E-state index in [1.807, 2.05) is 0 Å². The van der Waals surface area contributed by atoms with Crippen LogP contribution in [-0.2, 0) is 4.79 Å². The quantitative estimate of drug-likeness (QED) is 0.610. The molecule has 0 aliphatic rings. The lowest BCUT2D eigenvalue weighted by atomic mass is 10.2. The number of carboxylic acid groups (broad SMARTS) is 1. The maximum absolute atomic E-state index is 12.5. The van der Waals surface area contributed by atoms with Gasteiger partial charge in [0.15, 0.2) is 0 Å². The summed E-state index contributed by atoms with van der Waals surface area (Å²) in [5, 5.41) is 10.9. The maximum Gasteiger partial charge on any atom is 0.322 e. The van der Waals surface area contributed by atoms with E-state index < -0.39 is 11.8 Å². The summed E-state index contributed by atoms with van der Waals surface area (Å²) in [7, 11) is 0. The normalized spacial score (nSPS) is 9.62. The molecule has 0 aliphatic carbocycles. The van der Waals surface area contributed by atoms with Crippen molar-refractivity contribution in [2.24, 2.45) is 0 Å². The maximum atomic E-state index is 12.5. The summed E-state index contributed by atoms with van der Waals surface area (Å²) in [4.78, 5) is 10.2. The van der Waals surface area contributed by atoms with Gasteiger partial charge < -0.3 is 16.2 Å². The fourth-order valence-corrected chi connectivity index (χ4v) is 0.865. The highest BCUT2D eigenvalue weighted by Gasteiger charge is 2.01. The second kappa shape index (κ2) is 3.75. The Hall–Kier alpha value is -1.78. The molecule has 0 aromatic heterocycles. The number of carbonyl (C=O) groups is 1. The predicted octanol–water partition coefficient (Wildman–Crippen LogP) is 0.904. The van der Waals surface area contributed by atoms with Crippen LogP contribution in [0.5, 0.6) is 0 Å². The van der Waals surface area contributed by atoms with Gasteiger partial charge in [0.25, 0.3) is 0 Å². The molecule has 0 saturated carbocycles. The number of hydrogen-bond donors (Lipinski definition) is 3. The van der Waals surface area contributed by atoms with Crippen LogP contribution in [-0.4, -0.2) is 17.6 Å². The average Bonchev–Trinajstić information content (AvgIpc) is 2.02. The number of nitrogens with two attached hydrogens (primary N) is 1. The highest BCUT2D eigenvalue weighted by atomic mass is 19.1. The molecule has 4 N–H and O–H groups in total. The van der Waals surface area contributed by atoms with Crippen molar-refractivity contribution < 1.29 is 14.3 Å². The van der Waals surface area contributed by atoms with Crippen LogP contribution in [0, 0.1) is 5.82 Å². The number of carboxylic acids is 1. The lowest BCUT2D eigenvalue weighted by molar-refractivity contribution is -0.134. The molecule has 0 amide bonds. The first kappa shape index (κ1) is 9.31. The molecule has 1 rings (SSSR count). The summed E-state index contributed by atoms with van der Waals surface area (Å²) in [6.07, 6.45) is 0. The standard InChI is InChI=1S/C8H9FN2O2/c9-5-1-2-7(6(10)3-5)11-4-8(12)13/h1-3,11H,4,10H2,(H,12,13). The molecule has 0 fully saturated rings. The molecule has 0 heterocycles. The van der Waals surface area contributed by atoms with Gasteiger partial charge in [-0.1, -0.05) is 0 Å². The van der Waals surface area contributed by atoms with Gasteiger partial charge in [-0.3, -0.25) is 4.79 Å². The van der Waals surface area contributed by atoms with Crippen molar-refractivity contribution in [1.82, 2.24) is 0 Å². The van der Waals surface area contributed by atoms with Crippen LogP contribution < -0.4 is 11.1 Å². The first-order valence-electron chi connectivity index (χ1n) is 3.60. The van der Waals surface area contributed by atoms with E-state index in [9.17, 15) is 9.18 Å². The number of aliphatic carboxylic acids is 1. The van der Waals surface area contributed by atoms with E-state index in [2.05, 4.69) is 5.32 Å². The topological polar surface area (TPSA) is 75.3 Å². The number of nitrogens with one attached hydrogen (secondary N) is 1. The van der Waals surface area contributed by atoms with E-state index in [1.54, 1.807) is 0 Å². The Kier molecular flexibility index (Phi) is 2.69. The van der Waals surface area contributed by atoms with Crippen molar-refractivity contribution in [2.75, 3.05) is 17.6 Å². The molecule has 70 valence electrons. The van der Waals surface area contributed by atoms with Gasteiger partial charge in [0, 0.05) is 0 Å². The zero-order valence-electron chi connectivity index (χ0n) is 6.75. The van der Waals surface area contributed by atoms with Gasteiger partial charge in [0.2, 0.25) is 0 Å². The molecule has 13 heavy (non-hydrogen) atoms. The Morgan fingerprint density at radius 3 is 2.85 bits per heavy atom. The lowest BCUT2D eigenvalue weighted by Crippen LogP contribution is -2.13. The number of benzene rings is 1. The Balaban J connectivity index is 2.72. The Morgan fingerprint density at radius 2 is 2.31 bits per heavy atom. The van der Waals surface area contributed by atoms with Crippen molar-refractivity contribution in [2.45, 2.75) is 0 Å². The molecule has 1 aromatic carbocycles. The third-order valence-corrected chi connectivity index (χ3v) is 1.44. The van der Waals surface area contributed by atoms with Crippen molar-refractivity contribution in [3.05, 3.63) is 24.0 Å². The molecule has 0 atom stereocenters. The van der Waals surface area contributed by atoms with Crippen molar-refractivity contribution >= 4 is 17.3 Å². The zero-order chi connectivity index (χ0) is 9.84. The summed E-state index contributed by atoms with van der Waals surface area (Å²) in [6, 6.07) is 3.73. The monoisotopic (exact) mass is 184 g/mol. The molecular weight excluding hydrogens is 175 g/mol. The zero-order valence-corrected chi connectivity index (χ0v) is 6.75. The first-order chi connectivity index (χ1) is 6.09. The highest BCUT2D eigenvalue weighted by molar-refractivity contribution is 5.75.